The Hall–Kier alpha value is -1.90. The first-order valence-electron chi connectivity index (χ1n) is 5.78. The fourth-order valence-corrected chi connectivity index (χ4v) is 1.88. The predicted octanol–water partition coefficient (Wildman–Crippen LogP) is 3.02. The van der Waals surface area contributed by atoms with Crippen LogP contribution in [0, 0.1) is 5.92 Å². The first-order chi connectivity index (χ1) is 8.22. The summed E-state index contributed by atoms with van der Waals surface area (Å²) in [7, 11) is 0. The van der Waals surface area contributed by atoms with Crippen LogP contribution in [-0.4, -0.2) is 16.1 Å². The second-order valence-corrected chi connectivity index (χ2v) is 4.51. The molecule has 0 amide bonds. The Morgan fingerprint density at radius 2 is 2.00 bits per heavy atom. The highest BCUT2D eigenvalue weighted by Crippen LogP contribution is 2.23. The molecule has 1 aromatic heterocycles. The molecule has 0 radical (unpaired) electrons. The Morgan fingerprint density at radius 1 is 1.29 bits per heavy atom. The summed E-state index contributed by atoms with van der Waals surface area (Å²) in [6.45, 7) is 5.09. The quantitative estimate of drug-likeness (QED) is 0.754. The number of carbonyl (C=O) groups is 1. The molecule has 0 saturated heterocycles. The maximum atomic E-state index is 11.0. The molecule has 2 rings (SSSR count). The summed E-state index contributed by atoms with van der Waals surface area (Å²) >= 11 is 0. The number of benzene rings is 1. The Kier molecular flexibility index (Phi) is 3.38. The summed E-state index contributed by atoms with van der Waals surface area (Å²) in [5.41, 5.74) is 2.60. The summed E-state index contributed by atoms with van der Waals surface area (Å²) < 4.78 is 1.91. The lowest BCUT2D eigenvalue weighted by Gasteiger charge is -2.10. The van der Waals surface area contributed by atoms with Crippen LogP contribution in [0.25, 0.3) is 11.3 Å². The third kappa shape index (κ3) is 2.44. The highest BCUT2D eigenvalue weighted by molar-refractivity contribution is 5.85. The van der Waals surface area contributed by atoms with Crippen molar-refractivity contribution in [3.63, 3.8) is 0 Å². The molecule has 0 aliphatic carbocycles. The van der Waals surface area contributed by atoms with Gasteiger partial charge in [-0.1, -0.05) is 44.2 Å². The van der Waals surface area contributed by atoms with Crippen molar-refractivity contribution in [2.75, 3.05) is 0 Å². The number of hydrogen-bond donors (Lipinski definition) is 0. The van der Waals surface area contributed by atoms with Gasteiger partial charge in [-0.25, -0.2) is 0 Å². The normalized spacial score (nSPS) is 10.8. The van der Waals surface area contributed by atoms with E-state index >= 15 is 0 Å². The average Bonchev–Trinajstić information content (AvgIpc) is 2.72. The van der Waals surface area contributed by atoms with Gasteiger partial charge in [0.1, 0.15) is 0 Å². The molecular weight excluding hydrogens is 212 g/mol. The summed E-state index contributed by atoms with van der Waals surface area (Å²) in [4.78, 5) is 11.0. The number of hydrogen-bond acceptors (Lipinski definition) is 2. The van der Waals surface area contributed by atoms with Gasteiger partial charge in [0, 0.05) is 12.1 Å². The molecule has 2 aromatic rings. The van der Waals surface area contributed by atoms with E-state index in [4.69, 9.17) is 0 Å². The topological polar surface area (TPSA) is 34.9 Å². The van der Waals surface area contributed by atoms with Crippen molar-refractivity contribution in [2.24, 2.45) is 5.92 Å². The molecule has 0 bridgehead atoms. The van der Waals surface area contributed by atoms with Crippen LogP contribution < -0.4 is 0 Å². The van der Waals surface area contributed by atoms with E-state index in [2.05, 4.69) is 18.9 Å². The predicted molar refractivity (Wildman–Crippen MR) is 67.9 cm³/mol. The van der Waals surface area contributed by atoms with Crippen LogP contribution in [0.15, 0.2) is 36.5 Å². The Bertz CT molecular complexity index is 500. The van der Waals surface area contributed by atoms with Gasteiger partial charge in [0.15, 0.2) is 6.29 Å². The molecule has 1 aromatic carbocycles. The highest BCUT2D eigenvalue weighted by Gasteiger charge is 2.12. The van der Waals surface area contributed by atoms with Crippen molar-refractivity contribution in [2.45, 2.75) is 20.4 Å². The molecule has 0 spiro atoms. The van der Waals surface area contributed by atoms with Gasteiger partial charge in [-0.2, -0.15) is 5.10 Å². The van der Waals surface area contributed by atoms with Crippen LogP contribution in [0.2, 0.25) is 0 Å². The van der Waals surface area contributed by atoms with Crippen LogP contribution in [0.5, 0.6) is 0 Å². The third-order valence-electron chi connectivity index (χ3n) is 2.58. The number of carbonyl (C=O) groups excluding carboxylic acids is 1. The van der Waals surface area contributed by atoms with Gasteiger partial charge >= 0.3 is 0 Å². The number of aromatic nitrogens is 2. The molecule has 3 heteroatoms. The summed E-state index contributed by atoms with van der Waals surface area (Å²) in [6.07, 6.45) is 2.50. The van der Waals surface area contributed by atoms with E-state index in [-0.39, 0.29) is 0 Å². The second-order valence-electron chi connectivity index (χ2n) is 4.51. The van der Waals surface area contributed by atoms with E-state index < -0.39 is 0 Å². The molecule has 0 fully saturated rings. The zero-order valence-corrected chi connectivity index (χ0v) is 10.1. The third-order valence-corrected chi connectivity index (χ3v) is 2.58. The standard InChI is InChI=1S/C14H16N2O/c1-11(2)9-16-14(13(10-17)8-15-16)12-6-4-3-5-7-12/h3-8,10-11H,9H2,1-2H3. The van der Waals surface area contributed by atoms with E-state index in [0.29, 0.717) is 11.5 Å². The summed E-state index contributed by atoms with van der Waals surface area (Å²) in [5, 5.41) is 4.29. The molecule has 0 aliphatic heterocycles. The number of aldehydes is 1. The van der Waals surface area contributed by atoms with E-state index in [9.17, 15) is 4.79 Å². The van der Waals surface area contributed by atoms with E-state index in [1.54, 1.807) is 6.20 Å². The first-order valence-corrected chi connectivity index (χ1v) is 5.78. The van der Waals surface area contributed by atoms with E-state index in [0.717, 1.165) is 24.1 Å². The molecule has 0 unspecified atom stereocenters. The highest BCUT2D eigenvalue weighted by atomic mass is 16.1. The van der Waals surface area contributed by atoms with Gasteiger partial charge in [0.25, 0.3) is 0 Å². The van der Waals surface area contributed by atoms with Crippen LogP contribution in [-0.2, 0) is 6.54 Å². The van der Waals surface area contributed by atoms with Crippen molar-refractivity contribution in [1.29, 1.82) is 0 Å². The molecule has 88 valence electrons. The first kappa shape index (κ1) is 11.6. The second kappa shape index (κ2) is 4.95. The van der Waals surface area contributed by atoms with Crippen molar-refractivity contribution in [1.82, 2.24) is 9.78 Å². The van der Waals surface area contributed by atoms with Gasteiger partial charge < -0.3 is 0 Å². The zero-order chi connectivity index (χ0) is 12.3. The smallest absolute Gasteiger partial charge is 0.153 e. The zero-order valence-electron chi connectivity index (χ0n) is 10.1. The molecule has 0 saturated carbocycles. The van der Waals surface area contributed by atoms with Crippen LogP contribution in [0.3, 0.4) is 0 Å². The van der Waals surface area contributed by atoms with Crippen LogP contribution in [0.1, 0.15) is 24.2 Å². The molecule has 0 aliphatic rings. The maximum Gasteiger partial charge on any atom is 0.153 e. The fourth-order valence-electron chi connectivity index (χ4n) is 1.88. The molecule has 1 heterocycles. The SMILES string of the molecule is CC(C)Cn1ncc(C=O)c1-c1ccccc1. The van der Waals surface area contributed by atoms with Crippen LogP contribution in [0.4, 0.5) is 0 Å². The molecular formula is C14H16N2O. The van der Waals surface area contributed by atoms with Gasteiger partial charge in [-0.15, -0.1) is 0 Å². The van der Waals surface area contributed by atoms with Gasteiger partial charge in [0.2, 0.25) is 0 Å². The van der Waals surface area contributed by atoms with E-state index in [1.165, 1.54) is 0 Å². The van der Waals surface area contributed by atoms with E-state index in [1.807, 2.05) is 35.0 Å². The molecule has 3 nitrogen and oxygen atoms in total. The van der Waals surface area contributed by atoms with Crippen molar-refractivity contribution < 1.29 is 4.79 Å². The molecule has 17 heavy (non-hydrogen) atoms. The molecule has 0 atom stereocenters. The molecule has 0 N–H and O–H groups in total. The minimum absolute atomic E-state index is 0.497. The Balaban J connectivity index is 2.49. The van der Waals surface area contributed by atoms with Gasteiger partial charge in [0.05, 0.1) is 17.5 Å². The monoisotopic (exact) mass is 228 g/mol. The summed E-state index contributed by atoms with van der Waals surface area (Å²) in [6, 6.07) is 9.90. The fraction of sp³-hybridized carbons (Fsp3) is 0.286. The maximum absolute atomic E-state index is 11.0. The Labute approximate surface area is 101 Å². The van der Waals surface area contributed by atoms with Gasteiger partial charge in [-0.05, 0) is 5.92 Å². The lowest BCUT2D eigenvalue weighted by atomic mass is 10.1. The van der Waals surface area contributed by atoms with Crippen molar-refractivity contribution in [3.8, 4) is 11.3 Å². The van der Waals surface area contributed by atoms with Crippen molar-refractivity contribution >= 4 is 6.29 Å². The number of rotatable bonds is 4. The largest absolute Gasteiger partial charge is 0.298 e. The minimum Gasteiger partial charge on any atom is -0.298 e. The Morgan fingerprint density at radius 3 is 2.59 bits per heavy atom. The van der Waals surface area contributed by atoms with Crippen molar-refractivity contribution in [3.05, 3.63) is 42.1 Å². The lowest BCUT2D eigenvalue weighted by Crippen LogP contribution is -2.08. The average molecular weight is 228 g/mol. The lowest BCUT2D eigenvalue weighted by molar-refractivity contribution is 0.112. The minimum atomic E-state index is 0.497. The summed E-state index contributed by atoms with van der Waals surface area (Å²) in [5.74, 6) is 0.497. The van der Waals surface area contributed by atoms with Crippen LogP contribution >= 0.6 is 0 Å². The number of nitrogens with zero attached hydrogens (tertiary/aromatic N) is 2. The van der Waals surface area contributed by atoms with Gasteiger partial charge in [-0.3, -0.25) is 9.48 Å².